The first kappa shape index (κ1) is 34.6. The van der Waals surface area contributed by atoms with Crippen LogP contribution in [0.15, 0.2) is 0 Å². The third-order valence-electron chi connectivity index (χ3n) is 13.8. The highest BCUT2D eigenvalue weighted by Gasteiger charge is 2.85. The van der Waals surface area contributed by atoms with Gasteiger partial charge in [0.05, 0.1) is 11.3 Å². The van der Waals surface area contributed by atoms with Crippen molar-refractivity contribution in [2.45, 2.75) is 154 Å². The molecule has 1 saturated heterocycles. The number of nitrogens with two attached hydrogens (primary N) is 1. The number of rotatable bonds is 10. The highest BCUT2D eigenvalue weighted by molar-refractivity contribution is 7.91. The first-order valence-electron chi connectivity index (χ1n) is 18.1. The van der Waals surface area contributed by atoms with Crippen molar-refractivity contribution in [1.29, 1.82) is 0 Å². The molecule has 12 heteroatoms. The maximum absolute atomic E-state index is 14.7. The minimum absolute atomic E-state index is 0.0519. The second-order valence-electron chi connectivity index (χ2n) is 17.5. The van der Waals surface area contributed by atoms with Crippen LogP contribution in [0.1, 0.15) is 125 Å². The molecule has 47 heavy (non-hydrogen) atoms. The standard InChI is InChI=1S/C35H57N5O6S/c1-7-22-18-35(22,30(44)39-47(45,46)23-14-15-23)38-27(41)24-19-34(32(5,6)33(34)16-11-17-33)20-40(24)29(43)26(31(2,3)4)37-28(42)25(36)21-12-9-8-10-13-21/h21-26H,7-20,36H2,1-6H3,(H,37,42)(H,38,41)(H,39,44)/t22-,24+,25+,26-,34-,35-/m1/s1. The number of hydrogen-bond donors (Lipinski definition) is 4. The fourth-order valence-electron chi connectivity index (χ4n) is 10.1. The van der Waals surface area contributed by atoms with Crippen LogP contribution in [0.25, 0.3) is 0 Å². The smallest absolute Gasteiger partial charge is 0.259 e. The molecule has 0 radical (unpaired) electrons. The van der Waals surface area contributed by atoms with Gasteiger partial charge in [0.15, 0.2) is 0 Å². The number of amides is 4. The van der Waals surface area contributed by atoms with Gasteiger partial charge in [-0.15, -0.1) is 0 Å². The van der Waals surface area contributed by atoms with Gasteiger partial charge in [-0.1, -0.05) is 73.6 Å². The summed E-state index contributed by atoms with van der Waals surface area (Å²) in [6.07, 6.45) is 10.7. The first-order valence-corrected chi connectivity index (χ1v) is 19.7. The molecule has 4 amide bonds. The van der Waals surface area contributed by atoms with Crippen LogP contribution in [-0.2, 0) is 29.2 Å². The molecule has 6 fully saturated rings. The number of likely N-dealkylation sites (tertiary alicyclic amines) is 1. The molecule has 6 aliphatic rings. The molecule has 6 atom stereocenters. The Balaban J connectivity index is 1.26. The number of nitrogens with zero attached hydrogens (tertiary/aromatic N) is 1. The molecule has 6 rings (SSSR count). The van der Waals surface area contributed by atoms with Crippen LogP contribution < -0.4 is 21.1 Å². The third-order valence-corrected chi connectivity index (χ3v) is 15.6. The Morgan fingerprint density at radius 3 is 2.06 bits per heavy atom. The van der Waals surface area contributed by atoms with E-state index in [1.54, 1.807) is 4.90 Å². The summed E-state index contributed by atoms with van der Waals surface area (Å²) >= 11 is 0. The Bertz CT molecular complexity index is 1430. The topological polar surface area (TPSA) is 168 Å². The molecule has 2 spiro atoms. The summed E-state index contributed by atoms with van der Waals surface area (Å²) in [5.41, 5.74) is 4.22. The predicted molar refractivity (Wildman–Crippen MR) is 178 cm³/mol. The van der Waals surface area contributed by atoms with Crippen LogP contribution >= 0.6 is 0 Å². The van der Waals surface area contributed by atoms with Crippen LogP contribution in [0.5, 0.6) is 0 Å². The van der Waals surface area contributed by atoms with Gasteiger partial charge < -0.3 is 21.3 Å². The van der Waals surface area contributed by atoms with Gasteiger partial charge >= 0.3 is 0 Å². The molecule has 5 N–H and O–H groups in total. The van der Waals surface area contributed by atoms with Gasteiger partial charge in [-0.05, 0) is 79.4 Å². The van der Waals surface area contributed by atoms with Crippen molar-refractivity contribution in [2.75, 3.05) is 6.54 Å². The van der Waals surface area contributed by atoms with Gasteiger partial charge in [0.25, 0.3) is 5.91 Å². The van der Waals surface area contributed by atoms with E-state index in [0.29, 0.717) is 38.6 Å². The molecule has 0 unspecified atom stereocenters. The van der Waals surface area contributed by atoms with E-state index in [-0.39, 0.29) is 39.9 Å². The highest BCUT2D eigenvalue weighted by atomic mass is 32.2. The normalized spacial score (nSPS) is 33.9. The van der Waals surface area contributed by atoms with Crippen LogP contribution in [0.3, 0.4) is 0 Å². The van der Waals surface area contributed by atoms with Gasteiger partial charge in [-0.3, -0.25) is 23.9 Å². The quantitative estimate of drug-likeness (QED) is 0.276. The molecule has 1 aliphatic heterocycles. The summed E-state index contributed by atoms with van der Waals surface area (Å²) in [6.45, 7) is 12.5. The minimum Gasteiger partial charge on any atom is -0.342 e. The molecule has 5 saturated carbocycles. The summed E-state index contributed by atoms with van der Waals surface area (Å²) in [5.74, 6) is -1.88. The first-order chi connectivity index (χ1) is 21.9. The van der Waals surface area contributed by atoms with Crippen molar-refractivity contribution in [2.24, 2.45) is 39.2 Å². The molecule has 1 heterocycles. The zero-order valence-corrected chi connectivity index (χ0v) is 30.1. The number of nitrogens with one attached hydrogen (secondary N) is 3. The molecule has 0 bridgehead atoms. The zero-order valence-electron chi connectivity index (χ0n) is 29.2. The average molecular weight is 676 g/mol. The van der Waals surface area contributed by atoms with Crippen molar-refractivity contribution in [3.8, 4) is 0 Å². The Labute approximate surface area is 280 Å². The van der Waals surface area contributed by atoms with Crippen molar-refractivity contribution >= 4 is 33.7 Å². The number of sulfonamides is 1. The Morgan fingerprint density at radius 1 is 0.936 bits per heavy atom. The van der Waals surface area contributed by atoms with Crippen molar-refractivity contribution in [3.63, 3.8) is 0 Å². The molecule has 0 aromatic carbocycles. The van der Waals surface area contributed by atoms with Gasteiger partial charge in [-0.25, -0.2) is 8.42 Å². The Kier molecular flexibility index (Phi) is 8.42. The largest absolute Gasteiger partial charge is 0.342 e. The maximum Gasteiger partial charge on any atom is 0.259 e. The van der Waals surface area contributed by atoms with E-state index in [9.17, 15) is 27.6 Å². The summed E-state index contributed by atoms with van der Waals surface area (Å²) < 4.78 is 27.7. The van der Waals surface area contributed by atoms with Gasteiger partial charge in [0.2, 0.25) is 27.7 Å². The van der Waals surface area contributed by atoms with Gasteiger partial charge in [0, 0.05) is 12.0 Å². The zero-order chi connectivity index (χ0) is 34.4. The lowest BCUT2D eigenvalue weighted by molar-refractivity contribution is -0.145. The Hall–Kier alpha value is -2.21. The molecular formula is C35H57N5O6S. The summed E-state index contributed by atoms with van der Waals surface area (Å²) in [4.78, 5) is 57.9. The molecular weight excluding hydrogens is 618 g/mol. The summed E-state index contributed by atoms with van der Waals surface area (Å²) in [6, 6.07) is -2.46. The lowest BCUT2D eigenvalue weighted by Crippen LogP contribution is -2.61. The SMILES string of the molecule is CC[C@@H]1C[C@]1(NC(=O)[C@@H]1C[C@@]2(CN1C(=O)[C@@H](NC(=O)[C@@H](N)C1CCCCC1)C(C)(C)C)C(C)(C)C21CCC1)C(=O)NS(=O)(=O)C1CC1. The van der Waals surface area contributed by atoms with Crippen LogP contribution in [0.4, 0.5) is 0 Å². The van der Waals surface area contributed by atoms with Crippen LogP contribution in [0, 0.1) is 33.5 Å². The lowest BCUT2D eigenvalue weighted by atomic mass is 9.73. The van der Waals surface area contributed by atoms with Crippen LogP contribution in [0.2, 0.25) is 0 Å². The average Bonchev–Trinajstić information content (AvgIpc) is 3.92. The van der Waals surface area contributed by atoms with Gasteiger partial charge in [0.1, 0.15) is 17.6 Å². The number of carbonyl (C=O) groups is 4. The van der Waals surface area contributed by atoms with Crippen molar-refractivity contribution in [1.82, 2.24) is 20.3 Å². The molecule has 0 aromatic heterocycles. The van der Waals surface area contributed by atoms with E-state index in [0.717, 1.165) is 51.4 Å². The van der Waals surface area contributed by atoms with E-state index < -0.39 is 56.2 Å². The second kappa shape index (κ2) is 11.4. The van der Waals surface area contributed by atoms with E-state index in [2.05, 4.69) is 29.2 Å². The van der Waals surface area contributed by atoms with Gasteiger partial charge in [-0.2, -0.15) is 0 Å². The highest BCUT2D eigenvalue weighted by Crippen LogP contribution is 2.88. The molecule has 264 valence electrons. The lowest BCUT2D eigenvalue weighted by Gasteiger charge is -2.37. The monoisotopic (exact) mass is 675 g/mol. The van der Waals surface area contributed by atoms with Crippen LogP contribution in [-0.4, -0.2) is 72.4 Å². The predicted octanol–water partition coefficient (Wildman–Crippen LogP) is 3.12. The number of hydrogen-bond acceptors (Lipinski definition) is 7. The number of carbonyl (C=O) groups excluding carboxylic acids is 4. The molecule has 0 aromatic rings. The summed E-state index contributed by atoms with van der Waals surface area (Å²) in [5, 5.41) is 5.46. The van der Waals surface area contributed by atoms with Crippen molar-refractivity contribution < 1.29 is 27.6 Å². The molecule has 11 nitrogen and oxygen atoms in total. The van der Waals surface area contributed by atoms with E-state index >= 15 is 0 Å². The second-order valence-corrected chi connectivity index (χ2v) is 19.5. The minimum atomic E-state index is -3.80. The summed E-state index contributed by atoms with van der Waals surface area (Å²) in [7, 11) is -3.80. The van der Waals surface area contributed by atoms with E-state index in [1.807, 2.05) is 27.7 Å². The maximum atomic E-state index is 14.7. The van der Waals surface area contributed by atoms with E-state index in [1.165, 1.54) is 0 Å². The molecule has 5 aliphatic carbocycles. The third kappa shape index (κ3) is 5.42. The van der Waals surface area contributed by atoms with Crippen molar-refractivity contribution in [3.05, 3.63) is 0 Å². The Morgan fingerprint density at radius 2 is 1.57 bits per heavy atom. The number of fused-ring (bicyclic) bond motifs is 1. The fraction of sp³-hybridized carbons (Fsp3) is 0.886. The fourth-order valence-corrected chi connectivity index (χ4v) is 11.5. The van der Waals surface area contributed by atoms with E-state index in [4.69, 9.17) is 5.73 Å².